The Morgan fingerprint density at radius 1 is 0.833 bits per heavy atom. The fourth-order valence-corrected chi connectivity index (χ4v) is 1.35. The van der Waals surface area contributed by atoms with Gasteiger partial charge in [0.1, 0.15) is 5.75 Å². The predicted molar refractivity (Wildman–Crippen MR) is 84.9 cm³/mol. The Balaban J connectivity index is 0.000000289. The molecule has 2 rings (SSSR count). The highest BCUT2D eigenvalue weighted by atomic mass is 31.0. The first kappa shape index (κ1) is 16.7. The molecule has 0 saturated carbocycles. The van der Waals surface area contributed by atoms with Gasteiger partial charge in [0, 0.05) is 0 Å². The van der Waals surface area contributed by atoms with Gasteiger partial charge in [-0.3, -0.25) is 0 Å². The first-order chi connectivity index (χ1) is 8.72. The molecule has 0 aromatic heterocycles. The van der Waals surface area contributed by atoms with Crippen LogP contribution in [0.3, 0.4) is 0 Å². The van der Waals surface area contributed by atoms with Crippen LogP contribution < -0.4 is 10.0 Å². The summed E-state index contributed by atoms with van der Waals surface area (Å²) in [5.41, 5.74) is 1.26. The number of rotatable bonds is 1. The van der Waals surface area contributed by atoms with Gasteiger partial charge in [0.25, 0.3) is 0 Å². The molecule has 1 atom stereocenters. The van der Waals surface area contributed by atoms with Gasteiger partial charge >= 0.3 is 0 Å². The van der Waals surface area contributed by atoms with Gasteiger partial charge in [0.15, 0.2) is 0 Å². The summed E-state index contributed by atoms with van der Waals surface area (Å²) in [5.74, 6) is 0.917. The number of ether oxygens (including phenoxy) is 1. The summed E-state index contributed by atoms with van der Waals surface area (Å²) in [7, 11) is 4.30. The molecule has 0 bridgehead atoms. The standard InChI is InChI=1S/C8H10O.C6H7P.C2H6/c1-7-3-5-8(9-2)6-4-7;7-6-4-2-1-3-5-6;1-2/h3-6H,1-2H3;1-5H,7H2;1-2H3. The summed E-state index contributed by atoms with van der Waals surface area (Å²) >= 11 is 0. The van der Waals surface area contributed by atoms with Crippen LogP contribution in [0.15, 0.2) is 54.6 Å². The van der Waals surface area contributed by atoms with E-state index in [1.54, 1.807) is 7.11 Å². The lowest BCUT2D eigenvalue weighted by molar-refractivity contribution is 0.414. The molecule has 1 unspecified atom stereocenters. The Morgan fingerprint density at radius 2 is 1.33 bits per heavy atom. The van der Waals surface area contributed by atoms with E-state index in [-0.39, 0.29) is 0 Å². The lowest BCUT2D eigenvalue weighted by Crippen LogP contribution is -1.82. The van der Waals surface area contributed by atoms with Gasteiger partial charge in [0.2, 0.25) is 0 Å². The highest BCUT2D eigenvalue weighted by Gasteiger charge is 1.85. The van der Waals surface area contributed by atoms with Crippen LogP contribution in [-0.2, 0) is 0 Å². The second kappa shape index (κ2) is 10.8. The third-order valence-electron chi connectivity index (χ3n) is 2.06. The molecule has 0 amide bonds. The van der Waals surface area contributed by atoms with Crippen LogP contribution >= 0.6 is 9.24 Å². The highest BCUT2D eigenvalue weighted by molar-refractivity contribution is 7.27. The highest BCUT2D eigenvalue weighted by Crippen LogP contribution is 2.09. The molecule has 2 heteroatoms. The number of benzene rings is 2. The number of methoxy groups -OCH3 is 1. The fourth-order valence-electron chi connectivity index (χ4n) is 1.13. The summed E-state index contributed by atoms with van der Waals surface area (Å²) in [6, 6.07) is 18.1. The van der Waals surface area contributed by atoms with E-state index in [2.05, 4.69) is 16.2 Å². The lowest BCUT2D eigenvalue weighted by atomic mass is 10.2. The summed E-state index contributed by atoms with van der Waals surface area (Å²) in [6.45, 7) is 6.06. The second-order valence-corrected chi connectivity index (χ2v) is 4.09. The molecule has 18 heavy (non-hydrogen) atoms. The molecule has 1 nitrogen and oxygen atoms in total. The first-order valence-corrected chi connectivity index (χ1v) is 6.71. The van der Waals surface area contributed by atoms with Crippen LogP contribution in [0.4, 0.5) is 0 Å². The van der Waals surface area contributed by atoms with E-state index < -0.39 is 0 Å². The Bertz CT molecular complexity index is 395. The normalized spacial score (nSPS) is 8.28. The zero-order valence-corrected chi connectivity index (χ0v) is 12.8. The van der Waals surface area contributed by atoms with Gasteiger partial charge in [-0.25, -0.2) is 0 Å². The third-order valence-corrected chi connectivity index (χ3v) is 2.44. The van der Waals surface area contributed by atoms with E-state index in [9.17, 15) is 0 Å². The van der Waals surface area contributed by atoms with Crippen molar-refractivity contribution in [3.05, 3.63) is 60.2 Å². The van der Waals surface area contributed by atoms with E-state index in [0.717, 1.165) is 5.75 Å². The summed E-state index contributed by atoms with van der Waals surface area (Å²) < 4.78 is 4.97. The van der Waals surface area contributed by atoms with Crippen molar-refractivity contribution in [2.75, 3.05) is 7.11 Å². The van der Waals surface area contributed by atoms with Crippen molar-refractivity contribution in [2.24, 2.45) is 0 Å². The van der Waals surface area contributed by atoms with E-state index in [0.29, 0.717) is 0 Å². The van der Waals surface area contributed by atoms with Crippen LogP contribution in [0.1, 0.15) is 19.4 Å². The molecule has 2 aromatic rings. The molecular weight excluding hydrogens is 239 g/mol. The SMILES string of the molecule is CC.COc1ccc(C)cc1.Pc1ccccc1. The van der Waals surface area contributed by atoms with Crippen molar-refractivity contribution in [3.8, 4) is 5.75 Å². The van der Waals surface area contributed by atoms with Gasteiger partial charge in [-0.2, -0.15) is 0 Å². The molecular formula is C16H23OP. The van der Waals surface area contributed by atoms with Crippen LogP contribution in [0.25, 0.3) is 0 Å². The number of hydrogen-bond donors (Lipinski definition) is 0. The third kappa shape index (κ3) is 7.86. The molecule has 0 aliphatic rings. The molecule has 0 spiro atoms. The average Bonchev–Trinajstić information content (AvgIpc) is 2.43. The van der Waals surface area contributed by atoms with Crippen molar-refractivity contribution >= 4 is 14.5 Å². The topological polar surface area (TPSA) is 9.23 Å². The molecule has 0 heterocycles. The van der Waals surface area contributed by atoms with Gasteiger partial charge in [-0.05, 0) is 24.4 Å². The molecule has 0 N–H and O–H groups in total. The zero-order valence-electron chi connectivity index (χ0n) is 11.7. The summed E-state index contributed by atoms with van der Waals surface area (Å²) in [5, 5.41) is 1.24. The van der Waals surface area contributed by atoms with Crippen LogP contribution in [-0.4, -0.2) is 7.11 Å². The lowest BCUT2D eigenvalue weighted by Gasteiger charge is -1.97. The summed E-state index contributed by atoms with van der Waals surface area (Å²) in [6.07, 6.45) is 0. The smallest absolute Gasteiger partial charge is 0.118 e. The van der Waals surface area contributed by atoms with E-state index in [4.69, 9.17) is 4.74 Å². The maximum Gasteiger partial charge on any atom is 0.118 e. The van der Waals surface area contributed by atoms with Crippen molar-refractivity contribution in [3.63, 3.8) is 0 Å². The zero-order chi connectivity index (χ0) is 13.8. The Labute approximate surface area is 113 Å². The predicted octanol–water partition coefficient (Wildman–Crippen LogP) is 4.22. The molecule has 0 fully saturated rings. The van der Waals surface area contributed by atoms with Crippen LogP contribution in [0.2, 0.25) is 0 Å². The number of aryl methyl sites for hydroxylation is 1. The van der Waals surface area contributed by atoms with Crippen molar-refractivity contribution < 1.29 is 4.74 Å². The van der Waals surface area contributed by atoms with Crippen LogP contribution in [0.5, 0.6) is 5.75 Å². The molecule has 0 saturated heterocycles. The number of hydrogen-bond acceptors (Lipinski definition) is 1. The molecule has 2 aromatic carbocycles. The van der Waals surface area contributed by atoms with Crippen molar-refractivity contribution in [2.45, 2.75) is 20.8 Å². The minimum Gasteiger partial charge on any atom is -0.497 e. The Hall–Kier alpha value is -1.33. The Morgan fingerprint density at radius 3 is 1.67 bits per heavy atom. The maximum atomic E-state index is 4.97. The monoisotopic (exact) mass is 262 g/mol. The second-order valence-electron chi connectivity index (χ2n) is 3.43. The minimum absolute atomic E-state index is 0.917. The van der Waals surface area contributed by atoms with Gasteiger partial charge in [-0.15, -0.1) is 9.24 Å². The molecule has 0 aliphatic carbocycles. The van der Waals surface area contributed by atoms with E-state index >= 15 is 0 Å². The molecule has 98 valence electrons. The van der Waals surface area contributed by atoms with E-state index in [1.807, 2.05) is 68.4 Å². The Kier molecular flexibility index (Phi) is 10.0. The van der Waals surface area contributed by atoms with Gasteiger partial charge in [-0.1, -0.05) is 61.9 Å². The van der Waals surface area contributed by atoms with Crippen molar-refractivity contribution in [1.29, 1.82) is 0 Å². The maximum absolute atomic E-state index is 4.97. The quantitative estimate of drug-likeness (QED) is 0.699. The molecule has 0 radical (unpaired) electrons. The van der Waals surface area contributed by atoms with Gasteiger partial charge in [0.05, 0.1) is 7.11 Å². The molecule has 0 aliphatic heterocycles. The van der Waals surface area contributed by atoms with Crippen LogP contribution in [0, 0.1) is 6.92 Å². The largest absolute Gasteiger partial charge is 0.497 e. The fraction of sp³-hybridized carbons (Fsp3) is 0.250. The minimum atomic E-state index is 0.917. The van der Waals surface area contributed by atoms with E-state index in [1.165, 1.54) is 10.9 Å². The van der Waals surface area contributed by atoms with Crippen molar-refractivity contribution in [1.82, 2.24) is 0 Å². The first-order valence-electron chi connectivity index (χ1n) is 6.13. The average molecular weight is 262 g/mol. The van der Waals surface area contributed by atoms with Gasteiger partial charge < -0.3 is 4.74 Å². The summed E-state index contributed by atoms with van der Waals surface area (Å²) in [4.78, 5) is 0.